The molecule has 0 bridgehead atoms. The third-order valence-electron chi connectivity index (χ3n) is 2.91. The van der Waals surface area contributed by atoms with Crippen molar-refractivity contribution in [2.24, 2.45) is 0 Å². The van der Waals surface area contributed by atoms with Gasteiger partial charge in [0.15, 0.2) is 0 Å². The fourth-order valence-electron chi connectivity index (χ4n) is 1.78. The molecule has 2 aromatic carbocycles. The number of hydrogen-bond donors (Lipinski definition) is 1. The van der Waals surface area contributed by atoms with E-state index in [1.807, 2.05) is 0 Å². The van der Waals surface area contributed by atoms with Crippen molar-refractivity contribution in [3.63, 3.8) is 0 Å². The molecule has 0 atom stereocenters. The molecule has 0 unspecified atom stereocenters. The van der Waals surface area contributed by atoms with Crippen molar-refractivity contribution < 1.29 is 17.7 Å². The largest absolute Gasteiger partial charge is 0.269 e. The SMILES string of the molecule is O=[N+]([O-])c1ccc(CS(=O)(=O)NCc2ccc(F)cc2)cc1. The molecule has 0 spiro atoms. The second-order valence-corrected chi connectivity index (χ2v) is 6.44. The van der Waals surface area contributed by atoms with Crippen LogP contribution in [-0.2, 0) is 22.3 Å². The Balaban J connectivity index is 1.98. The van der Waals surface area contributed by atoms with Crippen LogP contribution >= 0.6 is 0 Å². The molecule has 0 amide bonds. The summed E-state index contributed by atoms with van der Waals surface area (Å²) in [5.74, 6) is -0.677. The van der Waals surface area contributed by atoms with Crippen molar-refractivity contribution in [1.29, 1.82) is 0 Å². The zero-order chi connectivity index (χ0) is 16.2. The smallest absolute Gasteiger partial charge is 0.258 e. The van der Waals surface area contributed by atoms with Crippen LogP contribution in [0.3, 0.4) is 0 Å². The van der Waals surface area contributed by atoms with Gasteiger partial charge in [0.1, 0.15) is 5.82 Å². The highest BCUT2D eigenvalue weighted by Crippen LogP contribution is 2.14. The summed E-state index contributed by atoms with van der Waals surface area (Å²) in [6.07, 6.45) is 0. The first-order valence-corrected chi connectivity index (χ1v) is 7.96. The van der Waals surface area contributed by atoms with E-state index < -0.39 is 20.8 Å². The number of sulfonamides is 1. The summed E-state index contributed by atoms with van der Waals surface area (Å²) in [5.41, 5.74) is 0.978. The van der Waals surface area contributed by atoms with Crippen LogP contribution in [-0.4, -0.2) is 13.3 Å². The zero-order valence-corrected chi connectivity index (χ0v) is 12.2. The second-order valence-electron chi connectivity index (χ2n) is 4.63. The molecule has 6 nitrogen and oxygen atoms in total. The van der Waals surface area contributed by atoms with Gasteiger partial charge in [0.25, 0.3) is 5.69 Å². The Hall–Kier alpha value is -2.32. The van der Waals surface area contributed by atoms with Gasteiger partial charge < -0.3 is 0 Å². The van der Waals surface area contributed by atoms with Gasteiger partial charge in [-0.2, -0.15) is 0 Å². The van der Waals surface area contributed by atoms with Crippen molar-refractivity contribution in [2.75, 3.05) is 0 Å². The van der Waals surface area contributed by atoms with E-state index in [1.165, 1.54) is 48.5 Å². The monoisotopic (exact) mass is 324 g/mol. The molecule has 0 heterocycles. The maximum Gasteiger partial charge on any atom is 0.269 e. The Morgan fingerprint density at radius 1 is 1.00 bits per heavy atom. The number of non-ortho nitro benzene ring substituents is 1. The number of benzene rings is 2. The highest BCUT2D eigenvalue weighted by Gasteiger charge is 2.12. The molecule has 22 heavy (non-hydrogen) atoms. The average molecular weight is 324 g/mol. The molecule has 2 aromatic rings. The number of nitrogens with zero attached hydrogens (tertiary/aromatic N) is 1. The molecule has 0 aromatic heterocycles. The molecule has 116 valence electrons. The third kappa shape index (κ3) is 4.61. The van der Waals surface area contributed by atoms with Crippen molar-refractivity contribution >= 4 is 15.7 Å². The van der Waals surface area contributed by atoms with Gasteiger partial charge in [-0.3, -0.25) is 10.1 Å². The van der Waals surface area contributed by atoms with Gasteiger partial charge in [-0.25, -0.2) is 17.5 Å². The lowest BCUT2D eigenvalue weighted by molar-refractivity contribution is -0.384. The van der Waals surface area contributed by atoms with Crippen LogP contribution < -0.4 is 4.72 Å². The molecule has 0 aliphatic carbocycles. The zero-order valence-electron chi connectivity index (χ0n) is 11.4. The van der Waals surface area contributed by atoms with Crippen LogP contribution in [0.4, 0.5) is 10.1 Å². The molecule has 0 saturated carbocycles. The molecular weight excluding hydrogens is 311 g/mol. The van der Waals surface area contributed by atoms with Crippen LogP contribution in [0.2, 0.25) is 0 Å². The fraction of sp³-hybridized carbons (Fsp3) is 0.143. The van der Waals surface area contributed by atoms with Crippen molar-refractivity contribution in [3.8, 4) is 0 Å². The topological polar surface area (TPSA) is 89.3 Å². The molecule has 8 heteroatoms. The van der Waals surface area contributed by atoms with Crippen molar-refractivity contribution in [3.05, 3.63) is 75.6 Å². The summed E-state index contributed by atoms with van der Waals surface area (Å²) in [7, 11) is -3.59. The van der Waals surface area contributed by atoms with Crippen molar-refractivity contribution in [1.82, 2.24) is 4.72 Å². The average Bonchev–Trinajstić information content (AvgIpc) is 2.47. The summed E-state index contributed by atoms with van der Waals surface area (Å²) < 4.78 is 39.0. The Kier molecular flexibility index (Phi) is 4.84. The minimum atomic E-state index is -3.59. The van der Waals surface area contributed by atoms with Gasteiger partial charge in [-0.05, 0) is 23.3 Å². The van der Waals surface area contributed by atoms with Gasteiger partial charge in [0, 0.05) is 18.7 Å². The highest BCUT2D eigenvalue weighted by atomic mass is 32.2. The number of nitro benzene ring substituents is 1. The van der Waals surface area contributed by atoms with E-state index in [2.05, 4.69) is 4.72 Å². The Morgan fingerprint density at radius 3 is 2.09 bits per heavy atom. The molecule has 0 radical (unpaired) electrons. The molecule has 1 N–H and O–H groups in total. The van der Waals surface area contributed by atoms with Crippen LogP contribution in [0.5, 0.6) is 0 Å². The first-order valence-electron chi connectivity index (χ1n) is 6.31. The minimum Gasteiger partial charge on any atom is -0.258 e. The summed E-state index contributed by atoms with van der Waals surface area (Å²) in [6.45, 7) is 0.0512. The third-order valence-corrected chi connectivity index (χ3v) is 4.21. The molecule has 0 aliphatic heterocycles. The van der Waals surface area contributed by atoms with E-state index in [1.54, 1.807) is 0 Å². The Morgan fingerprint density at radius 2 is 1.55 bits per heavy atom. The minimum absolute atomic E-state index is 0.0512. The first kappa shape index (κ1) is 16.1. The summed E-state index contributed by atoms with van der Waals surface area (Å²) >= 11 is 0. The first-order chi connectivity index (χ1) is 10.4. The molecular formula is C14H13FN2O4S. The predicted molar refractivity (Wildman–Crippen MR) is 79.0 cm³/mol. The summed E-state index contributed by atoms with van der Waals surface area (Å²) in [6, 6.07) is 10.8. The van der Waals surface area contributed by atoms with E-state index in [9.17, 15) is 22.9 Å². The van der Waals surface area contributed by atoms with E-state index in [0.29, 0.717) is 11.1 Å². The lowest BCUT2D eigenvalue weighted by Crippen LogP contribution is -2.24. The number of halogens is 1. The number of rotatable bonds is 6. The summed E-state index contributed by atoms with van der Waals surface area (Å²) in [5, 5.41) is 10.5. The van der Waals surface area contributed by atoms with Gasteiger partial charge in [0.2, 0.25) is 10.0 Å². The molecule has 0 fully saturated rings. The van der Waals surface area contributed by atoms with E-state index >= 15 is 0 Å². The van der Waals surface area contributed by atoms with Gasteiger partial charge in [-0.15, -0.1) is 0 Å². The van der Waals surface area contributed by atoms with Crippen LogP contribution in [0.25, 0.3) is 0 Å². The molecule has 2 rings (SSSR count). The Bertz CT molecular complexity index is 758. The highest BCUT2D eigenvalue weighted by molar-refractivity contribution is 7.88. The van der Waals surface area contributed by atoms with Crippen LogP contribution in [0, 0.1) is 15.9 Å². The quantitative estimate of drug-likeness (QED) is 0.652. The van der Waals surface area contributed by atoms with Gasteiger partial charge >= 0.3 is 0 Å². The fourth-order valence-corrected chi connectivity index (χ4v) is 2.90. The van der Waals surface area contributed by atoms with Gasteiger partial charge in [0.05, 0.1) is 10.7 Å². The number of nitrogens with one attached hydrogen (secondary N) is 1. The standard InChI is InChI=1S/C14H13FN2O4S/c15-13-5-1-11(2-6-13)9-16-22(20,21)10-12-3-7-14(8-4-12)17(18)19/h1-8,16H,9-10H2. The van der Waals surface area contributed by atoms with E-state index in [0.717, 1.165) is 0 Å². The summed E-state index contributed by atoms with van der Waals surface area (Å²) in [4.78, 5) is 9.98. The maximum absolute atomic E-state index is 12.8. The van der Waals surface area contributed by atoms with E-state index in [-0.39, 0.29) is 18.0 Å². The Labute approximate surface area is 126 Å². The normalized spacial score (nSPS) is 11.3. The second kappa shape index (κ2) is 6.63. The van der Waals surface area contributed by atoms with Crippen LogP contribution in [0.1, 0.15) is 11.1 Å². The number of nitro groups is 1. The lowest BCUT2D eigenvalue weighted by atomic mass is 10.2. The van der Waals surface area contributed by atoms with Crippen LogP contribution in [0.15, 0.2) is 48.5 Å². The number of hydrogen-bond acceptors (Lipinski definition) is 4. The predicted octanol–water partition coefficient (Wildman–Crippen LogP) is 2.35. The molecule has 0 saturated heterocycles. The van der Waals surface area contributed by atoms with Gasteiger partial charge in [-0.1, -0.05) is 24.3 Å². The lowest BCUT2D eigenvalue weighted by Gasteiger charge is -2.07. The maximum atomic E-state index is 12.8. The van der Waals surface area contributed by atoms with E-state index in [4.69, 9.17) is 0 Å². The van der Waals surface area contributed by atoms with Crippen molar-refractivity contribution in [2.45, 2.75) is 12.3 Å². The molecule has 0 aliphatic rings.